The van der Waals surface area contributed by atoms with Gasteiger partial charge in [0, 0.05) is 13.1 Å². The van der Waals surface area contributed by atoms with Crippen LogP contribution in [-0.2, 0) is 6.54 Å². The van der Waals surface area contributed by atoms with Gasteiger partial charge in [-0.1, -0.05) is 5.16 Å². The maximum Gasteiger partial charge on any atom is 0.191 e. The third kappa shape index (κ3) is 5.08. The molecule has 1 atom stereocenters. The summed E-state index contributed by atoms with van der Waals surface area (Å²) in [4.78, 5) is 4.11. The van der Waals surface area contributed by atoms with Crippen molar-refractivity contribution in [2.75, 3.05) is 13.6 Å². The number of guanidine groups is 1. The van der Waals surface area contributed by atoms with Crippen LogP contribution in [0.3, 0.4) is 0 Å². The van der Waals surface area contributed by atoms with Crippen molar-refractivity contribution in [3.8, 4) is 5.75 Å². The molecule has 0 aliphatic carbocycles. The Labute approximate surface area is 128 Å². The van der Waals surface area contributed by atoms with E-state index in [1.54, 1.807) is 25.2 Å². The highest BCUT2D eigenvalue weighted by Crippen LogP contribution is 2.12. The molecular formula is C15H19FN4O2. The molecule has 1 aromatic heterocycles. The van der Waals surface area contributed by atoms with Crippen molar-refractivity contribution in [3.05, 3.63) is 48.1 Å². The van der Waals surface area contributed by atoms with Gasteiger partial charge in [-0.15, -0.1) is 0 Å². The average molecular weight is 306 g/mol. The summed E-state index contributed by atoms with van der Waals surface area (Å²) in [6.45, 7) is 2.99. The van der Waals surface area contributed by atoms with Crippen molar-refractivity contribution < 1.29 is 13.7 Å². The topological polar surface area (TPSA) is 71.7 Å². The third-order valence-electron chi connectivity index (χ3n) is 2.86. The number of halogens is 1. The number of nitrogens with zero attached hydrogens (tertiary/aromatic N) is 2. The van der Waals surface area contributed by atoms with Gasteiger partial charge >= 0.3 is 0 Å². The molecule has 0 fully saturated rings. The van der Waals surface area contributed by atoms with Crippen LogP contribution >= 0.6 is 0 Å². The fourth-order valence-corrected chi connectivity index (χ4v) is 1.75. The second-order valence-electron chi connectivity index (χ2n) is 4.68. The van der Waals surface area contributed by atoms with Crippen LogP contribution in [0.25, 0.3) is 0 Å². The molecule has 22 heavy (non-hydrogen) atoms. The lowest BCUT2D eigenvalue weighted by atomic mass is 10.3. The molecule has 0 aliphatic rings. The van der Waals surface area contributed by atoms with Crippen LogP contribution < -0.4 is 15.4 Å². The SMILES string of the molecule is CN=C(NCc1ccon1)NCC(C)Oc1ccc(F)cc1. The van der Waals surface area contributed by atoms with Gasteiger partial charge in [-0.3, -0.25) is 4.99 Å². The van der Waals surface area contributed by atoms with Crippen molar-refractivity contribution in [1.82, 2.24) is 15.8 Å². The van der Waals surface area contributed by atoms with E-state index in [9.17, 15) is 4.39 Å². The highest BCUT2D eigenvalue weighted by Gasteiger charge is 2.06. The monoisotopic (exact) mass is 306 g/mol. The minimum atomic E-state index is -0.282. The standard InChI is InChI=1S/C15H19FN4O2/c1-11(22-14-5-3-12(16)4-6-14)9-18-15(17-2)19-10-13-7-8-21-20-13/h3-8,11H,9-10H2,1-2H3,(H2,17,18,19). The van der Waals surface area contributed by atoms with Gasteiger partial charge in [-0.2, -0.15) is 0 Å². The lowest BCUT2D eigenvalue weighted by molar-refractivity contribution is 0.223. The molecule has 2 N–H and O–H groups in total. The molecule has 0 bridgehead atoms. The Balaban J connectivity index is 1.73. The van der Waals surface area contributed by atoms with Gasteiger partial charge in [-0.25, -0.2) is 4.39 Å². The first-order valence-corrected chi connectivity index (χ1v) is 6.93. The smallest absolute Gasteiger partial charge is 0.191 e. The predicted octanol–water partition coefficient (Wildman–Crippen LogP) is 1.95. The summed E-state index contributed by atoms with van der Waals surface area (Å²) in [5.41, 5.74) is 0.790. The largest absolute Gasteiger partial charge is 0.489 e. The van der Waals surface area contributed by atoms with Gasteiger partial charge in [0.05, 0.1) is 13.1 Å². The molecule has 0 radical (unpaired) electrons. The van der Waals surface area contributed by atoms with Gasteiger partial charge in [0.1, 0.15) is 29.6 Å². The Morgan fingerprint density at radius 1 is 1.32 bits per heavy atom. The van der Waals surface area contributed by atoms with E-state index in [0.717, 1.165) is 5.69 Å². The van der Waals surface area contributed by atoms with E-state index < -0.39 is 0 Å². The maximum absolute atomic E-state index is 12.8. The molecular weight excluding hydrogens is 287 g/mol. The summed E-state index contributed by atoms with van der Waals surface area (Å²) >= 11 is 0. The highest BCUT2D eigenvalue weighted by molar-refractivity contribution is 5.79. The highest BCUT2D eigenvalue weighted by atomic mass is 19.1. The second-order valence-corrected chi connectivity index (χ2v) is 4.68. The summed E-state index contributed by atoms with van der Waals surface area (Å²) in [6.07, 6.45) is 1.42. The molecule has 2 aromatic rings. The molecule has 6 nitrogen and oxygen atoms in total. The van der Waals surface area contributed by atoms with E-state index in [0.29, 0.717) is 24.8 Å². The molecule has 1 aromatic carbocycles. The zero-order chi connectivity index (χ0) is 15.8. The van der Waals surface area contributed by atoms with Crippen molar-refractivity contribution in [2.45, 2.75) is 19.6 Å². The van der Waals surface area contributed by atoms with Crippen LogP contribution in [0.1, 0.15) is 12.6 Å². The van der Waals surface area contributed by atoms with E-state index in [-0.39, 0.29) is 11.9 Å². The predicted molar refractivity (Wildman–Crippen MR) is 81.2 cm³/mol. The zero-order valence-electron chi connectivity index (χ0n) is 12.5. The second kappa shape index (κ2) is 8.02. The van der Waals surface area contributed by atoms with E-state index in [2.05, 4.69) is 20.8 Å². The van der Waals surface area contributed by atoms with Crippen LogP contribution in [0.5, 0.6) is 5.75 Å². The lowest BCUT2D eigenvalue weighted by Crippen LogP contribution is -2.41. The molecule has 7 heteroatoms. The normalized spacial score (nSPS) is 12.8. The average Bonchev–Trinajstić information content (AvgIpc) is 3.03. The van der Waals surface area contributed by atoms with E-state index in [1.807, 2.05) is 6.92 Å². The van der Waals surface area contributed by atoms with Crippen molar-refractivity contribution >= 4 is 5.96 Å². The molecule has 118 valence electrons. The number of aromatic nitrogens is 1. The molecule has 1 unspecified atom stereocenters. The number of hydrogen-bond acceptors (Lipinski definition) is 4. The molecule has 0 spiro atoms. The van der Waals surface area contributed by atoms with E-state index in [1.165, 1.54) is 18.4 Å². The van der Waals surface area contributed by atoms with Gasteiger partial charge in [0.25, 0.3) is 0 Å². The van der Waals surface area contributed by atoms with E-state index in [4.69, 9.17) is 9.26 Å². The first kappa shape index (κ1) is 15.8. The van der Waals surface area contributed by atoms with Crippen LogP contribution in [0.15, 0.2) is 46.1 Å². The Hall–Kier alpha value is -2.57. The van der Waals surface area contributed by atoms with Gasteiger partial charge in [-0.05, 0) is 31.2 Å². The molecule has 0 amide bonds. The minimum absolute atomic E-state index is 0.101. The Kier molecular flexibility index (Phi) is 5.76. The van der Waals surface area contributed by atoms with Gasteiger partial charge < -0.3 is 19.9 Å². The number of hydrogen-bond donors (Lipinski definition) is 2. The van der Waals surface area contributed by atoms with Gasteiger partial charge in [0.15, 0.2) is 5.96 Å². The molecule has 0 aliphatic heterocycles. The fraction of sp³-hybridized carbons (Fsp3) is 0.333. The number of ether oxygens (including phenoxy) is 1. The van der Waals surface area contributed by atoms with Crippen LogP contribution in [0.4, 0.5) is 4.39 Å². The Morgan fingerprint density at radius 2 is 2.09 bits per heavy atom. The minimum Gasteiger partial charge on any atom is -0.489 e. The third-order valence-corrected chi connectivity index (χ3v) is 2.86. The van der Waals surface area contributed by atoms with Crippen LogP contribution in [0, 0.1) is 5.82 Å². The molecule has 1 heterocycles. The summed E-state index contributed by atoms with van der Waals surface area (Å²) in [5, 5.41) is 10.1. The molecule has 2 rings (SSSR count). The Bertz CT molecular complexity index is 584. The number of rotatable bonds is 6. The van der Waals surface area contributed by atoms with E-state index >= 15 is 0 Å². The van der Waals surface area contributed by atoms with Crippen LogP contribution in [0.2, 0.25) is 0 Å². The quantitative estimate of drug-likeness (QED) is 0.630. The summed E-state index contributed by atoms with van der Waals surface area (Å²) < 4.78 is 23.3. The first-order valence-electron chi connectivity index (χ1n) is 6.93. The van der Waals surface area contributed by atoms with Gasteiger partial charge in [0.2, 0.25) is 0 Å². The zero-order valence-corrected chi connectivity index (χ0v) is 12.5. The first-order chi connectivity index (χ1) is 10.7. The van der Waals surface area contributed by atoms with Crippen molar-refractivity contribution in [2.24, 2.45) is 4.99 Å². The number of benzene rings is 1. The van der Waals surface area contributed by atoms with Crippen molar-refractivity contribution in [1.29, 1.82) is 0 Å². The Morgan fingerprint density at radius 3 is 2.73 bits per heavy atom. The molecule has 0 saturated heterocycles. The fourth-order valence-electron chi connectivity index (χ4n) is 1.75. The summed E-state index contributed by atoms with van der Waals surface area (Å²) in [7, 11) is 1.68. The summed E-state index contributed by atoms with van der Waals surface area (Å²) in [6, 6.07) is 7.72. The summed E-state index contributed by atoms with van der Waals surface area (Å²) in [5.74, 6) is 0.981. The molecule has 0 saturated carbocycles. The van der Waals surface area contributed by atoms with Crippen molar-refractivity contribution in [3.63, 3.8) is 0 Å². The van der Waals surface area contributed by atoms with Crippen LogP contribution in [-0.4, -0.2) is 30.8 Å². The lowest BCUT2D eigenvalue weighted by Gasteiger charge is -2.17. The maximum atomic E-state index is 12.8. The number of nitrogens with one attached hydrogen (secondary N) is 2. The number of aliphatic imine (C=N–C) groups is 1.